The van der Waals surface area contributed by atoms with Crippen molar-refractivity contribution in [2.75, 3.05) is 18.0 Å². The predicted molar refractivity (Wildman–Crippen MR) is 58.6 cm³/mol. The zero-order valence-corrected chi connectivity index (χ0v) is 9.43. The van der Waals surface area contributed by atoms with Gasteiger partial charge < -0.3 is 10.0 Å². The van der Waals surface area contributed by atoms with E-state index in [1.807, 2.05) is 4.90 Å². The van der Waals surface area contributed by atoms with Crippen LogP contribution in [0, 0.1) is 17.0 Å². The molecule has 0 aliphatic carbocycles. The van der Waals surface area contributed by atoms with Crippen LogP contribution in [0.5, 0.6) is 5.75 Å². The van der Waals surface area contributed by atoms with Gasteiger partial charge >= 0.3 is 0 Å². The van der Waals surface area contributed by atoms with Crippen molar-refractivity contribution in [1.29, 1.82) is 0 Å². The van der Waals surface area contributed by atoms with Crippen molar-refractivity contribution in [3.8, 4) is 5.75 Å². The van der Waals surface area contributed by atoms with Gasteiger partial charge in [0.05, 0.1) is 5.69 Å². The van der Waals surface area contributed by atoms with E-state index in [1.165, 1.54) is 6.07 Å². The van der Waals surface area contributed by atoms with E-state index in [9.17, 15) is 13.9 Å². The summed E-state index contributed by atoms with van der Waals surface area (Å²) in [5.41, 5.74) is 0.529. The Morgan fingerprint density at radius 1 is 1.31 bits per heavy atom. The van der Waals surface area contributed by atoms with Gasteiger partial charge in [0.2, 0.25) is 5.82 Å². The average molecular weight is 227 g/mol. The second kappa shape index (κ2) is 3.61. The molecule has 1 aliphatic heterocycles. The molecule has 1 aliphatic rings. The first-order chi connectivity index (χ1) is 7.41. The lowest BCUT2D eigenvalue weighted by molar-refractivity contribution is 0.403. The summed E-state index contributed by atoms with van der Waals surface area (Å²) in [6, 6.07) is 2.48. The second-order valence-corrected chi connectivity index (χ2v) is 5.06. The van der Waals surface area contributed by atoms with E-state index in [4.69, 9.17) is 0 Å². The van der Waals surface area contributed by atoms with Gasteiger partial charge in [-0.2, -0.15) is 4.39 Å². The molecule has 88 valence electrons. The molecule has 4 heteroatoms. The van der Waals surface area contributed by atoms with Crippen LogP contribution in [0.25, 0.3) is 0 Å². The van der Waals surface area contributed by atoms with Gasteiger partial charge in [-0.3, -0.25) is 0 Å². The Morgan fingerprint density at radius 3 is 2.56 bits per heavy atom. The molecule has 0 aromatic heterocycles. The second-order valence-electron chi connectivity index (χ2n) is 5.06. The van der Waals surface area contributed by atoms with Gasteiger partial charge in [0.15, 0.2) is 11.6 Å². The van der Waals surface area contributed by atoms with Crippen LogP contribution in [-0.4, -0.2) is 18.2 Å². The molecule has 1 aromatic rings. The van der Waals surface area contributed by atoms with Crippen LogP contribution in [0.3, 0.4) is 0 Å². The van der Waals surface area contributed by atoms with Crippen LogP contribution in [-0.2, 0) is 0 Å². The fourth-order valence-corrected chi connectivity index (χ4v) is 2.10. The fourth-order valence-electron chi connectivity index (χ4n) is 2.10. The minimum atomic E-state index is -1.16. The summed E-state index contributed by atoms with van der Waals surface area (Å²) < 4.78 is 26.0. The maximum absolute atomic E-state index is 13.2. The third kappa shape index (κ3) is 1.84. The van der Waals surface area contributed by atoms with Gasteiger partial charge in [-0.1, -0.05) is 13.8 Å². The molecule has 1 fully saturated rings. The molecule has 0 saturated carbocycles. The van der Waals surface area contributed by atoms with E-state index < -0.39 is 17.4 Å². The van der Waals surface area contributed by atoms with E-state index in [1.54, 1.807) is 0 Å². The van der Waals surface area contributed by atoms with Crippen molar-refractivity contribution in [2.45, 2.75) is 20.3 Å². The van der Waals surface area contributed by atoms with Crippen LogP contribution in [0.1, 0.15) is 20.3 Å². The van der Waals surface area contributed by atoms with Crippen LogP contribution >= 0.6 is 0 Å². The first-order valence-corrected chi connectivity index (χ1v) is 5.33. The maximum atomic E-state index is 13.2. The summed E-state index contributed by atoms with van der Waals surface area (Å²) in [6.07, 6.45) is 0.978. The number of aromatic hydroxyl groups is 1. The standard InChI is InChI=1S/C12H15F2NO/c1-12(2)5-6-15(7-12)9-4-3-8(13)10(14)11(9)16/h3-4,16H,5-7H2,1-2H3. The molecule has 1 N–H and O–H groups in total. The molecule has 1 aromatic carbocycles. The molecule has 1 heterocycles. The van der Waals surface area contributed by atoms with Gasteiger partial charge in [0, 0.05) is 13.1 Å². The lowest BCUT2D eigenvalue weighted by Gasteiger charge is -2.22. The van der Waals surface area contributed by atoms with Crippen molar-refractivity contribution in [3.63, 3.8) is 0 Å². The monoisotopic (exact) mass is 227 g/mol. The van der Waals surface area contributed by atoms with Crippen LogP contribution in [0.15, 0.2) is 12.1 Å². The van der Waals surface area contributed by atoms with E-state index in [2.05, 4.69) is 13.8 Å². The lowest BCUT2D eigenvalue weighted by atomic mass is 9.93. The smallest absolute Gasteiger partial charge is 0.202 e. The number of phenolic OH excluding ortho intramolecular Hbond substituents is 1. The Morgan fingerprint density at radius 2 is 2.00 bits per heavy atom. The molecule has 0 unspecified atom stereocenters. The van der Waals surface area contributed by atoms with Crippen molar-refractivity contribution in [3.05, 3.63) is 23.8 Å². The zero-order valence-electron chi connectivity index (χ0n) is 9.43. The summed E-state index contributed by atoms with van der Waals surface area (Å²) in [5.74, 6) is -2.76. The number of nitrogens with zero attached hydrogens (tertiary/aromatic N) is 1. The van der Waals surface area contributed by atoms with Crippen LogP contribution in [0.2, 0.25) is 0 Å². The average Bonchev–Trinajstić information content (AvgIpc) is 2.55. The normalized spacial score (nSPS) is 19.1. The summed E-state index contributed by atoms with van der Waals surface area (Å²) in [6.45, 7) is 5.73. The first kappa shape index (κ1) is 11.2. The Kier molecular flexibility index (Phi) is 2.52. The molecule has 0 atom stereocenters. The van der Waals surface area contributed by atoms with Crippen LogP contribution < -0.4 is 4.90 Å². The van der Waals surface area contributed by atoms with Gasteiger partial charge in [-0.15, -0.1) is 0 Å². The predicted octanol–water partition coefficient (Wildman–Crippen LogP) is 2.91. The third-order valence-electron chi connectivity index (χ3n) is 3.07. The Bertz CT molecular complexity index is 418. The number of hydrogen-bond donors (Lipinski definition) is 1. The molecule has 2 rings (SSSR count). The number of benzene rings is 1. The molecule has 2 nitrogen and oxygen atoms in total. The number of phenols is 1. The number of rotatable bonds is 1. The highest BCUT2D eigenvalue weighted by molar-refractivity contribution is 5.59. The summed E-state index contributed by atoms with van der Waals surface area (Å²) >= 11 is 0. The first-order valence-electron chi connectivity index (χ1n) is 5.33. The molecular weight excluding hydrogens is 212 g/mol. The van der Waals surface area contributed by atoms with Crippen molar-refractivity contribution >= 4 is 5.69 Å². The van der Waals surface area contributed by atoms with E-state index >= 15 is 0 Å². The highest BCUT2D eigenvalue weighted by Gasteiger charge is 2.31. The lowest BCUT2D eigenvalue weighted by Crippen LogP contribution is -2.22. The molecule has 0 amide bonds. The minimum Gasteiger partial charge on any atom is -0.503 e. The Hall–Kier alpha value is -1.32. The molecule has 16 heavy (non-hydrogen) atoms. The minimum absolute atomic E-state index is 0.150. The Labute approximate surface area is 93.5 Å². The third-order valence-corrected chi connectivity index (χ3v) is 3.07. The topological polar surface area (TPSA) is 23.5 Å². The highest BCUT2D eigenvalue weighted by atomic mass is 19.2. The number of halogens is 2. The maximum Gasteiger partial charge on any atom is 0.202 e. The highest BCUT2D eigenvalue weighted by Crippen LogP contribution is 2.38. The van der Waals surface area contributed by atoms with E-state index in [-0.39, 0.29) is 5.41 Å². The van der Waals surface area contributed by atoms with Gasteiger partial charge in [0.1, 0.15) is 0 Å². The quantitative estimate of drug-likeness (QED) is 0.797. The Balaban J connectivity index is 2.32. The van der Waals surface area contributed by atoms with Crippen LogP contribution in [0.4, 0.5) is 14.5 Å². The van der Waals surface area contributed by atoms with Crippen molar-refractivity contribution in [2.24, 2.45) is 5.41 Å². The van der Waals surface area contributed by atoms with Crippen molar-refractivity contribution < 1.29 is 13.9 Å². The molecular formula is C12H15F2NO. The molecule has 0 radical (unpaired) electrons. The van der Waals surface area contributed by atoms with Gasteiger partial charge in [0.25, 0.3) is 0 Å². The molecule has 1 saturated heterocycles. The largest absolute Gasteiger partial charge is 0.503 e. The number of hydrogen-bond acceptors (Lipinski definition) is 2. The van der Waals surface area contributed by atoms with Gasteiger partial charge in [-0.25, -0.2) is 4.39 Å². The fraction of sp³-hybridized carbons (Fsp3) is 0.500. The van der Waals surface area contributed by atoms with Crippen molar-refractivity contribution in [1.82, 2.24) is 0 Å². The summed E-state index contributed by atoms with van der Waals surface area (Å²) in [4.78, 5) is 1.89. The zero-order chi connectivity index (χ0) is 11.9. The summed E-state index contributed by atoms with van der Waals surface area (Å²) in [7, 11) is 0. The summed E-state index contributed by atoms with van der Waals surface area (Å²) in [5, 5.41) is 9.55. The molecule has 0 spiro atoms. The number of anilines is 1. The van der Waals surface area contributed by atoms with Gasteiger partial charge in [-0.05, 0) is 24.0 Å². The SMILES string of the molecule is CC1(C)CCN(c2ccc(F)c(F)c2O)C1. The van der Waals surface area contributed by atoms with E-state index in [0.29, 0.717) is 5.69 Å². The van der Waals surface area contributed by atoms with E-state index in [0.717, 1.165) is 25.6 Å². The molecule has 0 bridgehead atoms.